The Kier molecular flexibility index (Phi) is 5.99. The second-order valence-corrected chi connectivity index (χ2v) is 8.93. The van der Waals surface area contributed by atoms with Gasteiger partial charge in [-0.2, -0.15) is 0 Å². The van der Waals surface area contributed by atoms with Gasteiger partial charge in [-0.3, -0.25) is 9.98 Å². The maximum Gasteiger partial charge on any atom is 0.0630 e. The summed E-state index contributed by atoms with van der Waals surface area (Å²) in [5.41, 5.74) is 8.99. The van der Waals surface area contributed by atoms with Crippen LogP contribution >= 0.6 is 0 Å². The van der Waals surface area contributed by atoms with Crippen LogP contribution in [0.3, 0.4) is 0 Å². The summed E-state index contributed by atoms with van der Waals surface area (Å²) in [6, 6.07) is 33.6. The van der Waals surface area contributed by atoms with Crippen molar-refractivity contribution < 1.29 is 0 Å². The predicted molar refractivity (Wildman–Crippen MR) is 151 cm³/mol. The predicted octanol–water partition coefficient (Wildman–Crippen LogP) is 7.94. The number of aryl methyl sites for hydroxylation is 2. The smallest absolute Gasteiger partial charge is 0.0630 e. The summed E-state index contributed by atoms with van der Waals surface area (Å²) < 4.78 is 0. The average molecular weight is 467 g/mol. The fraction of sp³-hybridized carbons (Fsp3) is 0.0625. The molecule has 4 aromatic carbocycles. The van der Waals surface area contributed by atoms with Crippen molar-refractivity contribution >= 4 is 45.6 Å². The number of aliphatic imine (C=N–C) groups is 2. The van der Waals surface area contributed by atoms with Gasteiger partial charge < -0.3 is 9.97 Å². The summed E-state index contributed by atoms with van der Waals surface area (Å²) in [7, 11) is 0. The first-order valence-electron chi connectivity index (χ1n) is 12.2. The lowest BCUT2D eigenvalue weighted by atomic mass is 10.0. The number of para-hydroxylation sites is 2. The molecule has 0 spiro atoms. The molecule has 0 amide bonds. The molecule has 174 valence electrons. The zero-order valence-electron chi connectivity index (χ0n) is 19.9. The van der Waals surface area contributed by atoms with Gasteiger partial charge in [-0.25, -0.2) is 0 Å². The molecule has 0 atom stereocenters. The molecule has 6 rings (SSSR count). The van der Waals surface area contributed by atoms with Crippen molar-refractivity contribution in [3.63, 3.8) is 0 Å². The van der Waals surface area contributed by atoms with Crippen molar-refractivity contribution in [2.45, 2.75) is 12.8 Å². The fourth-order valence-electron chi connectivity index (χ4n) is 4.48. The van der Waals surface area contributed by atoms with Gasteiger partial charge in [0.05, 0.1) is 11.4 Å². The van der Waals surface area contributed by atoms with Gasteiger partial charge in [0.25, 0.3) is 0 Å². The Balaban J connectivity index is 1.05. The molecule has 6 aromatic rings. The minimum absolute atomic E-state index is 0.960. The number of aromatic amines is 2. The molecule has 0 fully saturated rings. The molecule has 0 radical (unpaired) electrons. The highest BCUT2D eigenvalue weighted by atomic mass is 14.7. The van der Waals surface area contributed by atoms with E-state index >= 15 is 0 Å². The van der Waals surface area contributed by atoms with Gasteiger partial charge in [0.2, 0.25) is 0 Å². The third-order valence-electron chi connectivity index (χ3n) is 6.52. The second-order valence-electron chi connectivity index (χ2n) is 8.93. The number of H-pyrrole nitrogens is 2. The fourth-order valence-corrected chi connectivity index (χ4v) is 4.48. The van der Waals surface area contributed by atoms with E-state index in [0.717, 1.165) is 46.4 Å². The Bertz CT molecular complexity index is 1540. The largest absolute Gasteiger partial charge is 0.361 e. The summed E-state index contributed by atoms with van der Waals surface area (Å²) >= 11 is 0. The van der Waals surface area contributed by atoms with Crippen LogP contribution in [0.4, 0.5) is 11.4 Å². The third kappa shape index (κ3) is 4.75. The van der Waals surface area contributed by atoms with Crippen molar-refractivity contribution in [3.05, 3.63) is 132 Å². The van der Waals surface area contributed by atoms with E-state index in [9.17, 15) is 0 Å². The Morgan fingerprint density at radius 2 is 0.917 bits per heavy atom. The number of hydrogen-bond donors (Lipinski definition) is 2. The van der Waals surface area contributed by atoms with E-state index < -0.39 is 0 Å². The third-order valence-corrected chi connectivity index (χ3v) is 6.52. The number of rotatable bonds is 7. The number of benzene rings is 4. The van der Waals surface area contributed by atoms with E-state index in [2.05, 4.69) is 92.7 Å². The minimum Gasteiger partial charge on any atom is -0.361 e. The molecule has 0 bridgehead atoms. The Morgan fingerprint density at radius 1 is 0.500 bits per heavy atom. The lowest BCUT2D eigenvalue weighted by Gasteiger charge is -2.04. The van der Waals surface area contributed by atoms with Crippen LogP contribution < -0.4 is 0 Å². The van der Waals surface area contributed by atoms with Gasteiger partial charge in [-0.15, -0.1) is 0 Å². The number of hydrogen-bond acceptors (Lipinski definition) is 2. The molecule has 2 heterocycles. The van der Waals surface area contributed by atoms with Crippen LogP contribution in [0.15, 0.2) is 119 Å². The molecule has 0 saturated heterocycles. The molecule has 4 nitrogen and oxygen atoms in total. The van der Waals surface area contributed by atoms with E-state index in [4.69, 9.17) is 0 Å². The topological polar surface area (TPSA) is 56.3 Å². The number of aromatic nitrogens is 2. The molecular weight excluding hydrogens is 440 g/mol. The van der Waals surface area contributed by atoms with Gasteiger partial charge in [0.1, 0.15) is 0 Å². The van der Waals surface area contributed by atoms with Crippen molar-refractivity contribution in [3.8, 4) is 0 Å². The van der Waals surface area contributed by atoms with Crippen molar-refractivity contribution in [2.75, 3.05) is 0 Å². The van der Waals surface area contributed by atoms with Crippen molar-refractivity contribution in [1.82, 2.24) is 9.97 Å². The molecule has 0 unspecified atom stereocenters. The lowest BCUT2D eigenvalue weighted by Crippen LogP contribution is -1.90. The molecule has 36 heavy (non-hydrogen) atoms. The maximum atomic E-state index is 4.66. The van der Waals surface area contributed by atoms with Crippen LogP contribution in [0.5, 0.6) is 0 Å². The molecular formula is C32H26N4. The maximum absolute atomic E-state index is 4.66. The zero-order valence-corrected chi connectivity index (χ0v) is 19.9. The lowest BCUT2D eigenvalue weighted by molar-refractivity contribution is 0.960. The van der Waals surface area contributed by atoms with E-state index in [0.29, 0.717) is 0 Å². The summed E-state index contributed by atoms with van der Waals surface area (Å²) in [6.45, 7) is 0. The first kappa shape index (κ1) is 21.8. The van der Waals surface area contributed by atoms with Gasteiger partial charge in [-0.1, -0.05) is 60.7 Å². The van der Waals surface area contributed by atoms with Crippen LogP contribution in [-0.4, -0.2) is 22.4 Å². The molecule has 2 N–H and O–H groups in total. The van der Waals surface area contributed by atoms with Crippen LogP contribution in [0.2, 0.25) is 0 Å². The molecule has 4 heteroatoms. The van der Waals surface area contributed by atoms with E-state index in [1.807, 2.05) is 49.1 Å². The summed E-state index contributed by atoms with van der Waals surface area (Å²) in [6.07, 6.45) is 9.84. The number of fused-ring (bicyclic) bond motifs is 2. The van der Waals surface area contributed by atoms with Crippen LogP contribution in [0.1, 0.15) is 22.3 Å². The quantitative estimate of drug-likeness (QED) is 0.224. The highest BCUT2D eigenvalue weighted by Crippen LogP contribution is 2.21. The van der Waals surface area contributed by atoms with Crippen LogP contribution in [0, 0.1) is 0 Å². The monoisotopic (exact) mass is 466 g/mol. The van der Waals surface area contributed by atoms with Gasteiger partial charge in [0, 0.05) is 57.8 Å². The van der Waals surface area contributed by atoms with E-state index in [1.54, 1.807) is 0 Å². The van der Waals surface area contributed by atoms with Crippen LogP contribution in [0.25, 0.3) is 21.8 Å². The summed E-state index contributed by atoms with van der Waals surface area (Å²) in [4.78, 5) is 15.9. The highest BCUT2D eigenvalue weighted by Gasteiger charge is 2.02. The van der Waals surface area contributed by atoms with Crippen LogP contribution in [-0.2, 0) is 12.8 Å². The van der Waals surface area contributed by atoms with Gasteiger partial charge in [-0.05, 0) is 60.4 Å². The molecule has 0 saturated carbocycles. The Hall–Kier alpha value is -4.70. The SMILES string of the molecule is C(=Nc1ccc(CCc2ccc(N=Cc3c[nH]c4ccccc34)cc2)cc1)c1c[nH]c2ccccc12. The van der Waals surface area contributed by atoms with Gasteiger partial charge >= 0.3 is 0 Å². The van der Waals surface area contributed by atoms with Gasteiger partial charge in [0.15, 0.2) is 0 Å². The van der Waals surface area contributed by atoms with Crippen molar-refractivity contribution in [1.29, 1.82) is 0 Å². The Labute approximate surface area is 210 Å². The second kappa shape index (κ2) is 9.88. The molecule has 0 aliphatic carbocycles. The molecule has 0 aliphatic rings. The normalized spacial score (nSPS) is 11.9. The van der Waals surface area contributed by atoms with E-state index in [1.165, 1.54) is 21.9 Å². The number of nitrogens with zero attached hydrogens (tertiary/aromatic N) is 2. The average Bonchev–Trinajstić information content (AvgIpc) is 3.55. The molecule has 0 aliphatic heterocycles. The zero-order chi connectivity index (χ0) is 24.2. The van der Waals surface area contributed by atoms with Crippen molar-refractivity contribution in [2.24, 2.45) is 9.98 Å². The summed E-state index contributed by atoms with van der Waals surface area (Å²) in [5, 5.41) is 2.38. The first-order valence-corrected chi connectivity index (χ1v) is 12.2. The highest BCUT2D eigenvalue weighted by molar-refractivity contribution is 6.00. The molecule has 2 aromatic heterocycles. The number of nitrogens with one attached hydrogen (secondary N) is 2. The minimum atomic E-state index is 0.960. The first-order chi connectivity index (χ1) is 17.8. The van der Waals surface area contributed by atoms with E-state index in [-0.39, 0.29) is 0 Å². The Morgan fingerprint density at radius 3 is 1.36 bits per heavy atom. The standard InChI is InChI=1S/C32H26N4/c1-3-7-31-29(5-1)25(21-35-31)19-33-27-15-11-23(12-16-27)9-10-24-13-17-28(18-14-24)34-20-26-22-36-32-8-4-2-6-30(26)32/h1-8,11-22,35-36H,9-10H2. The summed E-state index contributed by atoms with van der Waals surface area (Å²) in [5.74, 6) is 0.